The summed E-state index contributed by atoms with van der Waals surface area (Å²) in [4.78, 5) is 5.60. The van der Waals surface area contributed by atoms with Crippen LogP contribution in [0.2, 0.25) is 0 Å². The molecular weight excluding hydrogens is 230 g/mol. The molecule has 0 fully saturated rings. The van der Waals surface area contributed by atoms with E-state index in [4.69, 9.17) is 0 Å². The van der Waals surface area contributed by atoms with Gasteiger partial charge in [-0.05, 0) is 24.7 Å². The van der Waals surface area contributed by atoms with Crippen LogP contribution in [-0.2, 0) is 19.3 Å². The normalized spacial score (nSPS) is 10.7. The van der Waals surface area contributed by atoms with E-state index in [0.717, 1.165) is 18.1 Å². The molecule has 0 saturated carbocycles. The van der Waals surface area contributed by atoms with E-state index in [1.807, 2.05) is 38.3 Å². The molecule has 0 aliphatic carbocycles. The van der Waals surface area contributed by atoms with Crippen molar-refractivity contribution in [2.45, 2.75) is 17.2 Å². The Morgan fingerprint density at radius 2 is 2.06 bits per heavy atom. The van der Waals surface area contributed by atoms with Gasteiger partial charge in [0.05, 0.1) is 5.75 Å². The highest BCUT2D eigenvalue weighted by molar-refractivity contribution is 7.98. The van der Waals surface area contributed by atoms with E-state index in [9.17, 15) is 0 Å². The van der Waals surface area contributed by atoms with Crippen LogP contribution in [0.25, 0.3) is 0 Å². The predicted octanol–water partition coefficient (Wildman–Crippen LogP) is 2.43. The monoisotopic (exact) mass is 247 g/mol. The summed E-state index contributed by atoms with van der Waals surface area (Å²) in [6.45, 7) is 0.921. The Bertz CT molecular complexity index is 462. The van der Waals surface area contributed by atoms with Gasteiger partial charge in [0.2, 0.25) is 0 Å². The number of hydrogen-bond acceptors (Lipinski definition) is 3. The number of hydrogen-bond donors (Lipinski definition) is 1. The quantitative estimate of drug-likeness (QED) is 0.823. The lowest BCUT2D eigenvalue weighted by atomic mass is 10.2. The van der Waals surface area contributed by atoms with Crippen molar-refractivity contribution in [3.05, 3.63) is 48.0 Å². The molecule has 0 amide bonds. The molecule has 0 unspecified atom stereocenters. The summed E-state index contributed by atoms with van der Waals surface area (Å²) in [7, 11) is 3.99. The molecule has 1 heterocycles. The van der Waals surface area contributed by atoms with E-state index >= 15 is 0 Å². The van der Waals surface area contributed by atoms with Crippen LogP contribution < -0.4 is 5.32 Å². The Hall–Kier alpha value is -1.26. The average Bonchev–Trinajstić information content (AvgIpc) is 2.75. The third kappa shape index (κ3) is 3.35. The number of imidazole rings is 1. The Kier molecular flexibility index (Phi) is 4.23. The predicted molar refractivity (Wildman–Crippen MR) is 72.0 cm³/mol. The Balaban J connectivity index is 1.93. The van der Waals surface area contributed by atoms with Crippen molar-refractivity contribution in [1.29, 1.82) is 0 Å². The van der Waals surface area contributed by atoms with Crippen LogP contribution in [0.4, 0.5) is 0 Å². The minimum atomic E-state index is 0.912. The highest BCUT2D eigenvalue weighted by atomic mass is 32.2. The summed E-state index contributed by atoms with van der Waals surface area (Å²) in [6.07, 6.45) is 3.82. The van der Waals surface area contributed by atoms with Gasteiger partial charge in [0.1, 0.15) is 5.82 Å². The summed E-state index contributed by atoms with van der Waals surface area (Å²) in [6, 6.07) is 8.66. The van der Waals surface area contributed by atoms with Crippen molar-refractivity contribution in [3.63, 3.8) is 0 Å². The summed E-state index contributed by atoms with van der Waals surface area (Å²) in [5, 5.41) is 3.15. The molecule has 0 radical (unpaired) electrons. The van der Waals surface area contributed by atoms with Gasteiger partial charge in [0, 0.05) is 30.9 Å². The van der Waals surface area contributed by atoms with E-state index in [2.05, 4.69) is 39.1 Å². The molecule has 1 aromatic heterocycles. The molecule has 2 aromatic rings. The summed E-state index contributed by atoms with van der Waals surface area (Å²) in [5.41, 5.74) is 1.31. The molecule has 90 valence electrons. The molecule has 2 rings (SSSR count). The molecule has 0 atom stereocenters. The fourth-order valence-electron chi connectivity index (χ4n) is 1.59. The van der Waals surface area contributed by atoms with Crippen LogP contribution >= 0.6 is 11.8 Å². The molecule has 17 heavy (non-hydrogen) atoms. The maximum absolute atomic E-state index is 4.31. The minimum absolute atomic E-state index is 0.912. The first-order valence-corrected chi connectivity index (χ1v) is 6.60. The number of nitrogens with zero attached hydrogens (tertiary/aromatic N) is 2. The van der Waals surface area contributed by atoms with E-state index in [1.165, 1.54) is 10.5 Å². The molecule has 4 heteroatoms. The zero-order valence-corrected chi connectivity index (χ0v) is 11.0. The summed E-state index contributed by atoms with van der Waals surface area (Å²) in [5.74, 6) is 2.02. The lowest BCUT2D eigenvalue weighted by Gasteiger charge is -2.04. The lowest BCUT2D eigenvalue weighted by Crippen LogP contribution is -2.04. The zero-order valence-electron chi connectivity index (χ0n) is 10.2. The molecule has 0 aliphatic heterocycles. The van der Waals surface area contributed by atoms with Gasteiger partial charge in [-0.2, -0.15) is 0 Å². The topological polar surface area (TPSA) is 29.9 Å². The maximum Gasteiger partial charge on any atom is 0.118 e. The van der Waals surface area contributed by atoms with E-state index in [1.54, 1.807) is 0 Å². The van der Waals surface area contributed by atoms with Crippen molar-refractivity contribution in [1.82, 2.24) is 14.9 Å². The Morgan fingerprint density at radius 1 is 1.29 bits per heavy atom. The van der Waals surface area contributed by atoms with Gasteiger partial charge in [-0.3, -0.25) is 0 Å². The van der Waals surface area contributed by atoms with Crippen molar-refractivity contribution in [2.24, 2.45) is 7.05 Å². The number of benzene rings is 1. The van der Waals surface area contributed by atoms with Gasteiger partial charge in [0.25, 0.3) is 0 Å². The third-order valence-corrected chi connectivity index (χ3v) is 3.60. The summed E-state index contributed by atoms with van der Waals surface area (Å²) < 4.78 is 2.06. The molecule has 1 aromatic carbocycles. The van der Waals surface area contributed by atoms with Crippen molar-refractivity contribution in [2.75, 3.05) is 7.05 Å². The highest BCUT2D eigenvalue weighted by Crippen LogP contribution is 2.22. The van der Waals surface area contributed by atoms with E-state index < -0.39 is 0 Å². The van der Waals surface area contributed by atoms with Gasteiger partial charge < -0.3 is 9.88 Å². The van der Waals surface area contributed by atoms with Crippen LogP contribution in [0.1, 0.15) is 11.4 Å². The minimum Gasteiger partial charge on any atom is -0.337 e. The van der Waals surface area contributed by atoms with Gasteiger partial charge in [0.15, 0.2) is 0 Å². The zero-order chi connectivity index (χ0) is 12.1. The largest absolute Gasteiger partial charge is 0.337 e. The second kappa shape index (κ2) is 5.89. The van der Waals surface area contributed by atoms with Crippen molar-refractivity contribution < 1.29 is 0 Å². The van der Waals surface area contributed by atoms with Crippen LogP contribution in [-0.4, -0.2) is 16.6 Å². The molecule has 0 bridgehead atoms. The Morgan fingerprint density at radius 3 is 2.65 bits per heavy atom. The molecule has 0 saturated heterocycles. The Labute approximate surface area is 106 Å². The number of thioether (sulfide) groups is 1. The first kappa shape index (κ1) is 12.2. The van der Waals surface area contributed by atoms with Gasteiger partial charge >= 0.3 is 0 Å². The summed E-state index contributed by atoms with van der Waals surface area (Å²) >= 11 is 1.82. The smallest absolute Gasteiger partial charge is 0.118 e. The number of nitrogens with one attached hydrogen (secondary N) is 1. The van der Waals surface area contributed by atoms with Gasteiger partial charge in [-0.25, -0.2) is 4.98 Å². The standard InChI is InChI=1S/C13H17N3S/c1-14-9-11-3-5-12(6-4-11)17-10-13-15-7-8-16(13)2/h3-8,14H,9-10H2,1-2H3. The van der Waals surface area contributed by atoms with E-state index in [-0.39, 0.29) is 0 Å². The van der Waals surface area contributed by atoms with Crippen molar-refractivity contribution >= 4 is 11.8 Å². The molecular formula is C13H17N3S. The fourth-order valence-corrected chi connectivity index (χ4v) is 2.49. The highest BCUT2D eigenvalue weighted by Gasteiger charge is 2.00. The molecule has 0 aliphatic rings. The molecule has 0 spiro atoms. The molecule has 1 N–H and O–H groups in total. The second-order valence-electron chi connectivity index (χ2n) is 3.92. The SMILES string of the molecule is CNCc1ccc(SCc2nccn2C)cc1. The third-order valence-electron chi connectivity index (χ3n) is 2.59. The average molecular weight is 247 g/mol. The van der Waals surface area contributed by atoms with Crippen LogP contribution in [0, 0.1) is 0 Å². The first-order valence-electron chi connectivity index (χ1n) is 5.62. The van der Waals surface area contributed by atoms with Crippen LogP contribution in [0.15, 0.2) is 41.6 Å². The lowest BCUT2D eigenvalue weighted by molar-refractivity contribution is 0.817. The second-order valence-corrected chi connectivity index (χ2v) is 4.97. The number of rotatable bonds is 5. The molecule has 3 nitrogen and oxygen atoms in total. The first-order chi connectivity index (χ1) is 8.29. The maximum atomic E-state index is 4.31. The van der Waals surface area contributed by atoms with Gasteiger partial charge in [-0.15, -0.1) is 11.8 Å². The van der Waals surface area contributed by atoms with Crippen LogP contribution in [0.3, 0.4) is 0 Å². The number of aromatic nitrogens is 2. The fraction of sp³-hybridized carbons (Fsp3) is 0.308. The van der Waals surface area contributed by atoms with E-state index in [0.29, 0.717) is 0 Å². The van der Waals surface area contributed by atoms with Crippen molar-refractivity contribution in [3.8, 4) is 0 Å². The van der Waals surface area contributed by atoms with Gasteiger partial charge in [-0.1, -0.05) is 12.1 Å². The van der Waals surface area contributed by atoms with Crippen LogP contribution in [0.5, 0.6) is 0 Å². The number of aryl methyl sites for hydroxylation is 1.